The Kier molecular flexibility index (Phi) is 5.95. The van der Waals surface area contributed by atoms with E-state index in [0.29, 0.717) is 12.1 Å². The summed E-state index contributed by atoms with van der Waals surface area (Å²) in [5.74, 6) is -0.413. The molecule has 10 heteroatoms. The summed E-state index contributed by atoms with van der Waals surface area (Å²) in [6.07, 6.45) is -4.80. The van der Waals surface area contributed by atoms with E-state index in [-0.39, 0.29) is 28.9 Å². The zero-order chi connectivity index (χ0) is 20.6. The predicted octanol–water partition coefficient (Wildman–Crippen LogP) is 5.35. The average molecular weight is 480 g/mol. The Balaban J connectivity index is 1.98. The van der Waals surface area contributed by atoms with Gasteiger partial charge in [0.2, 0.25) is 0 Å². The lowest BCUT2D eigenvalue weighted by molar-refractivity contribution is -0.173. The van der Waals surface area contributed by atoms with Crippen LogP contribution in [0.15, 0.2) is 28.7 Å². The molecule has 152 valence electrons. The zero-order valence-corrected chi connectivity index (χ0v) is 17.5. The molecular formula is C18H19BrClF3N4O. The summed E-state index contributed by atoms with van der Waals surface area (Å²) in [7, 11) is 0. The number of anilines is 1. The Morgan fingerprint density at radius 3 is 2.61 bits per heavy atom. The van der Waals surface area contributed by atoms with Crippen molar-refractivity contribution in [1.29, 1.82) is 0 Å². The van der Waals surface area contributed by atoms with Crippen molar-refractivity contribution in [2.75, 3.05) is 11.9 Å². The third-order valence-corrected chi connectivity index (χ3v) is 5.34. The van der Waals surface area contributed by atoms with Crippen LogP contribution in [0.1, 0.15) is 48.4 Å². The quantitative estimate of drug-likeness (QED) is 0.622. The average Bonchev–Trinajstić information content (AvgIpc) is 2.95. The van der Waals surface area contributed by atoms with Crippen molar-refractivity contribution >= 4 is 39.3 Å². The second-order valence-corrected chi connectivity index (χ2v) is 8.39. The lowest BCUT2D eigenvalue weighted by Crippen LogP contribution is -2.36. The fourth-order valence-corrected chi connectivity index (χ4v) is 3.56. The molecule has 3 rings (SSSR count). The van der Waals surface area contributed by atoms with Crippen molar-refractivity contribution in [1.82, 2.24) is 15.1 Å². The molecule has 28 heavy (non-hydrogen) atoms. The standard InChI is InChI=1S/C18H19BrClF3N4O/c1-9(2)8-24-17(28)15-14(20)16-25-12(10-3-5-11(19)6-4-10)7-13(18(21,22)23)27(16)26-15/h3-6,9,12-13,25H,7-8H2,1-2H3,(H,24,28)/t12-,13-/m1/s1. The summed E-state index contributed by atoms with van der Waals surface area (Å²) in [6.45, 7) is 4.18. The molecule has 0 bridgehead atoms. The number of aromatic nitrogens is 2. The molecule has 1 aromatic carbocycles. The molecule has 2 atom stereocenters. The number of hydrogen-bond acceptors (Lipinski definition) is 3. The first-order chi connectivity index (χ1) is 13.1. The molecular weight excluding hydrogens is 461 g/mol. The van der Waals surface area contributed by atoms with Crippen molar-refractivity contribution in [2.24, 2.45) is 5.92 Å². The van der Waals surface area contributed by atoms with Gasteiger partial charge in [-0.05, 0) is 23.6 Å². The number of nitrogens with zero attached hydrogens (tertiary/aromatic N) is 2. The molecule has 2 N–H and O–H groups in total. The maximum Gasteiger partial charge on any atom is 0.410 e. The Morgan fingerprint density at radius 1 is 1.39 bits per heavy atom. The minimum absolute atomic E-state index is 0.00198. The summed E-state index contributed by atoms with van der Waals surface area (Å²) < 4.78 is 42.8. The van der Waals surface area contributed by atoms with Gasteiger partial charge in [0.1, 0.15) is 10.8 Å². The normalized spacial score (nSPS) is 19.3. The minimum atomic E-state index is -4.54. The smallest absolute Gasteiger partial charge is 0.362 e. The van der Waals surface area contributed by atoms with Crippen molar-refractivity contribution in [2.45, 2.75) is 38.5 Å². The maximum atomic E-state index is 13.7. The monoisotopic (exact) mass is 478 g/mol. The van der Waals surface area contributed by atoms with Crippen LogP contribution in [0.4, 0.5) is 19.0 Å². The molecule has 2 aromatic rings. The number of fused-ring (bicyclic) bond motifs is 1. The number of carbonyl (C=O) groups is 1. The van der Waals surface area contributed by atoms with Gasteiger partial charge in [-0.3, -0.25) is 4.79 Å². The van der Waals surface area contributed by atoms with E-state index in [1.54, 1.807) is 24.3 Å². The van der Waals surface area contributed by atoms with Crippen molar-refractivity contribution in [3.8, 4) is 0 Å². The number of amides is 1. The van der Waals surface area contributed by atoms with Gasteiger partial charge in [-0.15, -0.1) is 0 Å². The summed E-state index contributed by atoms with van der Waals surface area (Å²) in [5, 5.41) is 9.44. The van der Waals surface area contributed by atoms with Crippen LogP contribution < -0.4 is 10.6 Å². The van der Waals surface area contributed by atoms with E-state index in [1.165, 1.54) is 0 Å². The molecule has 0 saturated carbocycles. The van der Waals surface area contributed by atoms with E-state index in [1.807, 2.05) is 13.8 Å². The highest BCUT2D eigenvalue weighted by Gasteiger charge is 2.47. The van der Waals surface area contributed by atoms with E-state index in [4.69, 9.17) is 11.6 Å². The van der Waals surface area contributed by atoms with E-state index in [0.717, 1.165) is 9.15 Å². The number of rotatable bonds is 4. The molecule has 0 radical (unpaired) electrons. The first kappa shape index (κ1) is 21.0. The molecule has 2 heterocycles. The first-order valence-electron chi connectivity index (χ1n) is 8.72. The van der Waals surface area contributed by atoms with Crippen LogP contribution in [0.2, 0.25) is 5.02 Å². The summed E-state index contributed by atoms with van der Waals surface area (Å²) in [6, 6.07) is 4.50. The fourth-order valence-electron chi connectivity index (χ4n) is 3.03. The van der Waals surface area contributed by atoms with Crippen molar-refractivity contribution in [3.63, 3.8) is 0 Å². The summed E-state index contributed by atoms with van der Waals surface area (Å²) in [5.41, 5.74) is 0.474. The van der Waals surface area contributed by atoms with E-state index < -0.39 is 24.2 Å². The number of halogens is 5. The first-order valence-corrected chi connectivity index (χ1v) is 9.90. The van der Waals surface area contributed by atoms with Gasteiger partial charge in [0, 0.05) is 17.4 Å². The van der Waals surface area contributed by atoms with Gasteiger partial charge in [0.15, 0.2) is 11.7 Å². The molecule has 0 unspecified atom stereocenters. The minimum Gasteiger partial charge on any atom is -0.362 e. The van der Waals surface area contributed by atoms with Crippen LogP contribution in [0.25, 0.3) is 0 Å². The Morgan fingerprint density at radius 2 is 2.04 bits per heavy atom. The fraction of sp³-hybridized carbons (Fsp3) is 0.444. The Labute approximate surface area is 173 Å². The molecule has 0 fully saturated rings. The van der Waals surface area contributed by atoms with Crippen LogP contribution in [-0.4, -0.2) is 28.4 Å². The number of carbonyl (C=O) groups excluding carboxylic acids is 1. The highest BCUT2D eigenvalue weighted by Crippen LogP contribution is 2.46. The number of hydrogen-bond donors (Lipinski definition) is 2. The lowest BCUT2D eigenvalue weighted by atomic mass is 9.97. The highest BCUT2D eigenvalue weighted by molar-refractivity contribution is 9.10. The third kappa shape index (κ3) is 4.30. The predicted molar refractivity (Wildman–Crippen MR) is 105 cm³/mol. The second kappa shape index (κ2) is 7.94. The maximum absolute atomic E-state index is 13.7. The SMILES string of the molecule is CC(C)CNC(=O)c1nn2c(c1Cl)N[C@@H](c1ccc(Br)cc1)C[C@@H]2C(F)(F)F. The van der Waals surface area contributed by atoms with E-state index in [9.17, 15) is 18.0 Å². The summed E-state index contributed by atoms with van der Waals surface area (Å²) >= 11 is 9.58. The van der Waals surface area contributed by atoms with Crippen LogP contribution >= 0.6 is 27.5 Å². The van der Waals surface area contributed by atoms with E-state index in [2.05, 4.69) is 31.7 Å². The number of benzene rings is 1. The van der Waals surface area contributed by atoms with Crippen LogP contribution in [0, 0.1) is 5.92 Å². The highest BCUT2D eigenvalue weighted by atomic mass is 79.9. The van der Waals surface area contributed by atoms with Crippen molar-refractivity contribution < 1.29 is 18.0 Å². The Hall–Kier alpha value is -1.74. The van der Waals surface area contributed by atoms with Crippen molar-refractivity contribution in [3.05, 3.63) is 45.0 Å². The molecule has 1 aliphatic rings. The van der Waals surface area contributed by atoms with Gasteiger partial charge < -0.3 is 10.6 Å². The largest absolute Gasteiger partial charge is 0.410 e. The topological polar surface area (TPSA) is 59.0 Å². The van der Waals surface area contributed by atoms with Crippen LogP contribution in [0.5, 0.6) is 0 Å². The van der Waals surface area contributed by atoms with E-state index >= 15 is 0 Å². The third-order valence-electron chi connectivity index (χ3n) is 4.45. The molecule has 0 spiro atoms. The second-order valence-electron chi connectivity index (χ2n) is 7.10. The molecule has 1 aromatic heterocycles. The lowest BCUT2D eigenvalue weighted by Gasteiger charge is -2.33. The van der Waals surface area contributed by atoms with Gasteiger partial charge in [-0.1, -0.05) is 53.5 Å². The molecule has 5 nitrogen and oxygen atoms in total. The molecule has 1 amide bonds. The number of nitrogens with one attached hydrogen (secondary N) is 2. The molecule has 0 saturated heterocycles. The number of alkyl halides is 3. The summed E-state index contributed by atoms with van der Waals surface area (Å²) in [4.78, 5) is 12.3. The van der Waals surface area contributed by atoms with Gasteiger partial charge in [0.25, 0.3) is 5.91 Å². The van der Waals surface area contributed by atoms with Crippen LogP contribution in [0.3, 0.4) is 0 Å². The van der Waals surface area contributed by atoms with Gasteiger partial charge in [-0.2, -0.15) is 18.3 Å². The Bertz CT molecular complexity index is 867. The molecule has 1 aliphatic heterocycles. The van der Waals surface area contributed by atoms with Gasteiger partial charge in [-0.25, -0.2) is 4.68 Å². The zero-order valence-electron chi connectivity index (χ0n) is 15.1. The van der Waals surface area contributed by atoms with Crippen LogP contribution in [-0.2, 0) is 0 Å². The van der Waals surface area contributed by atoms with Gasteiger partial charge in [0.05, 0.1) is 6.04 Å². The van der Waals surface area contributed by atoms with Gasteiger partial charge >= 0.3 is 6.18 Å². The molecule has 0 aliphatic carbocycles.